The summed E-state index contributed by atoms with van der Waals surface area (Å²) in [6, 6.07) is 0. The number of carbonyl (C=O) groups is 2. The molecule has 0 aliphatic heterocycles. The van der Waals surface area contributed by atoms with Gasteiger partial charge >= 0.3 is 11.9 Å². The molecular formula is C6H8N2O5. The molecule has 0 heterocycles. The van der Waals surface area contributed by atoms with Crippen LogP contribution < -0.4 is 5.32 Å². The fourth-order valence-electron chi connectivity index (χ4n) is 0.381. The molecule has 7 heteroatoms. The van der Waals surface area contributed by atoms with Gasteiger partial charge in [0.2, 0.25) is 0 Å². The topological polar surface area (TPSA) is 102 Å². The molecule has 0 aliphatic rings. The van der Waals surface area contributed by atoms with Crippen molar-refractivity contribution in [2.45, 2.75) is 0 Å². The summed E-state index contributed by atoms with van der Waals surface area (Å²) in [5.74, 6) is -1.99. The number of nitrogens with one attached hydrogen (secondary N) is 1. The number of rotatable bonds is 4. The van der Waals surface area contributed by atoms with Gasteiger partial charge in [0.15, 0.2) is 0 Å². The average Bonchev–Trinajstić information content (AvgIpc) is 2.03. The van der Waals surface area contributed by atoms with Gasteiger partial charge in [-0.1, -0.05) is 0 Å². The van der Waals surface area contributed by atoms with Gasteiger partial charge in [-0.3, -0.25) is 10.0 Å². The first-order valence-corrected chi connectivity index (χ1v) is 3.11. The van der Waals surface area contributed by atoms with Crippen molar-refractivity contribution in [3.8, 4) is 0 Å². The summed E-state index contributed by atoms with van der Waals surface area (Å²) in [5.41, 5.74) is 0. The van der Waals surface area contributed by atoms with Crippen LogP contribution in [0.15, 0.2) is 12.3 Å². The number of hydrogen-bond acceptors (Lipinski definition) is 4. The number of carboxylic acids is 1. The van der Waals surface area contributed by atoms with E-state index in [1.165, 1.54) is 0 Å². The van der Waals surface area contributed by atoms with Crippen molar-refractivity contribution in [2.24, 2.45) is 0 Å². The van der Waals surface area contributed by atoms with Gasteiger partial charge in [-0.25, -0.2) is 4.79 Å². The number of amides is 1. The highest BCUT2D eigenvalue weighted by atomic mass is 16.9. The summed E-state index contributed by atoms with van der Waals surface area (Å²) in [6.45, 7) is 0. The van der Waals surface area contributed by atoms with E-state index in [1.54, 1.807) is 0 Å². The molecule has 0 rings (SSSR count). The lowest BCUT2D eigenvalue weighted by Crippen LogP contribution is -2.23. The zero-order valence-corrected chi connectivity index (χ0v) is 6.76. The van der Waals surface area contributed by atoms with Crippen molar-refractivity contribution >= 4 is 18.1 Å². The lowest BCUT2D eigenvalue weighted by atomic mass is 10.6. The lowest BCUT2D eigenvalue weighted by Gasteiger charge is -1.94. The van der Waals surface area contributed by atoms with Gasteiger partial charge in [0, 0.05) is 24.3 Å². The highest BCUT2D eigenvalue weighted by Gasteiger charge is 2.00. The fraction of sp³-hybridized carbons (Fsp3) is 0.167. The van der Waals surface area contributed by atoms with Crippen LogP contribution in [0.25, 0.3) is 0 Å². The number of nitrogens with zero attached hydrogens (tertiary/aromatic N) is 1. The third-order valence-electron chi connectivity index (χ3n) is 0.854. The lowest BCUT2D eigenvalue weighted by molar-refractivity contribution is -0.729. The first kappa shape index (κ1) is 11.0. The van der Waals surface area contributed by atoms with Gasteiger partial charge in [0.05, 0.1) is 0 Å². The Bertz CT molecular complexity index is 258. The normalized spacial score (nSPS) is 11.3. The average molecular weight is 188 g/mol. The summed E-state index contributed by atoms with van der Waals surface area (Å²) in [4.78, 5) is 24.6. The molecule has 0 radical (unpaired) electrons. The van der Waals surface area contributed by atoms with Gasteiger partial charge in [-0.2, -0.15) is 0 Å². The van der Waals surface area contributed by atoms with Crippen molar-refractivity contribution in [3.63, 3.8) is 0 Å². The molecule has 0 atom stereocenters. The molecule has 0 saturated carbocycles. The van der Waals surface area contributed by atoms with E-state index in [4.69, 9.17) is 5.11 Å². The Kier molecular flexibility index (Phi) is 4.70. The number of hydrogen-bond donors (Lipinski definition) is 2. The summed E-state index contributed by atoms with van der Waals surface area (Å²) in [5, 5.41) is 20.5. The largest absolute Gasteiger partial charge is 0.478 e. The Balaban J connectivity index is 3.96. The highest BCUT2D eigenvalue weighted by molar-refractivity contribution is 6.24. The van der Waals surface area contributed by atoms with Crippen molar-refractivity contribution in [1.29, 1.82) is 0 Å². The summed E-state index contributed by atoms with van der Waals surface area (Å²) >= 11 is 0. The Hall–Kier alpha value is -2.05. The minimum atomic E-state index is -1.20. The Morgan fingerprint density at radius 1 is 1.62 bits per heavy atom. The molecule has 0 saturated heterocycles. The number of carbonyl (C=O) groups excluding carboxylic acids is 1. The van der Waals surface area contributed by atoms with Crippen molar-refractivity contribution < 1.29 is 24.4 Å². The Morgan fingerprint density at radius 3 is 2.69 bits per heavy atom. The molecule has 13 heavy (non-hydrogen) atoms. The fourth-order valence-corrected chi connectivity index (χ4v) is 0.381. The second kappa shape index (κ2) is 5.58. The van der Waals surface area contributed by atoms with Crippen LogP contribution in [-0.2, 0) is 14.4 Å². The summed E-state index contributed by atoms with van der Waals surface area (Å²) in [7, 11) is 1.09. The highest BCUT2D eigenvalue weighted by Crippen LogP contribution is 1.70. The van der Waals surface area contributed by atoms with Crippen LogP contribution in [0.3, 0.4) is 0 Å². The smallest absolute Gasteiger partial charge is 0.329 e. The number of aliphatic carboxylic acids is 1. The summed E-state index contributed by atoms with van der Waals surface area (Å²) < 4.78 is 0. The Labute approximate surface area is 73.5 Å². The Morgan fingerprint density at radius 2 is 2.23 bits per heavy atom. The van der Waals surface area contributed by atoms with E-state index in [1.807, 2.05) is 5.32 Å². The SMILES string of the molecule is CO/[N+]([O-])=C\C(=O)N/C=C\C(=O)O. The zero-order chi connectivity index (χ0) is 10.3. The van der Waals surface area contributed by atoms with Crippen LogP contribution in [-0.4, -0.2) is 35.2 Å². The van der Waals surface area contributed by atoms with E-state index in [9.17, 15) is 14.8 Å². The molecule has 0 aromatic heterocycles. The molecule has 0 aromatic rings. The maximum atomic E-state index is 10.7. The minimum absolute atomic E-state index is 0.0655. The molecule has 0 spiro atoms. The van der Waals surface area contributed by atoms with Crippen molar-refractivity contribution in [1.82, 2.24) is 5.32 Å². The molecule has 0 bridgehead atoms. The second-order valence-corrected chi connectivity index (χ2v) is 1.78. The van der Waals surface area contributed by atoms with Gasteiger partial charge in [0.1, 0.15) is 0 Å². The van der Waals surface area contributed by atoms with Gasteiger partial charge in [-0.15, -0.1) is 0 Å². The molecule has 0 fully saturated rings. The van der Waals surface area contributed by atoms with E-state index < -0.39 is 11.9 Å². The summed E-state index contributed by atoms with van der Waals surface area (Å²) in [6.07, 6.45) is 2.19. The van der Waals surface area contributed by atoms with Crippen LogP contribution in [0.5, 0.6) is 0 Å². The third-order valence-corrected chi connectivity index (χ3v) is 0.854. The van der Waals surface area contributed by atoms with E-state index >= 15 is 0 Å². The molecule has 72 valence electrons. The van der Waals surface area contributed by atoms with Crippen molar-refractivity contribution in [3.05, 3.63) is 17.5 Å². The number of carboxylic acid groups (broad SMARTS) is 1. The van der Waals surface area contributed by atoms with Gasteiger partial charge in [-0.05, 0) is 0 Å². The second-order valence-electron chi connectivity index (χ2n) is 1.78. The molecule has 0 unspecified atom stereocenters. The zero-order valence-electron chi connectivity index (χ0n) is 6.76. The van der Waals surface area contributed by atoms with Crippen LogP contribution in [0.2, 0.25) is 0 Å². The third kappa shape index (κ3) is 6.35. The van der Waals surface area contributed by atoms with Crippen LogP contribution in [0, 0.1) is 5.21 Å². The van der Waals surface area contributed by atoms with E-state index in [0.717, 1.165) is 13.3 Å². The monoisotopic (exact) mass is 188 g/mol. The van der Waals surface area contributed by atoms with E-state index in [0.29, 0.717) is 12.3 Å². The molecule has 7 nitrogen and oxygen atoms in total. The standard InChI is InChI=1S/C6H8N2O5/c1-13-8(12)4-5(9)7-3-2-6(10)11/h2-4H,1H3,(H,7,9)(H,10,11)/b3-2-,8-4-. The minimum Gasteiger partial charge on any atom is -0.478 e. The molecule has 0 aromatic carbocycles. The quantitative estimate of drug-likeness (QED) is 0.251. The van der Waals surface area contributed by atoms with Crippen LogP contribution in [0.4, 0.5) is 0 Å². The van der Waals surface area contributed by atoms with Gasteiger partial charge < -0.3 is 15.3 Å². The first-order valence-electron chi connectivity index (χ1n) is 3.11. The molecule has 1 amide bonds. The van der Waals surface area contributed by atoms with Crippen LogP contribution >= 0.6 is 0 Å². The predicted octanol–water partition coefficient (Wildman–Crippen LogP) is -1.16. The van der Waals surface area contributed by atoms with Gasteiger partial charge in [0.25, 0.3) is 6.21 Å². The van der Waals surface area contributed by atoms with Crippen molar-refractivity contribution in [2.75, 3.05) is 7.11 Å². The maximum Gasteiger partial charge on any atom is 0.329 e. The first-order chi connectivity index (χ1) is 6.06. The molecule has 0 aliphatic carbocycles. The molecular weight excluding hydrogens is 180 g/mol. The van der Waals surface area contributed by atoms with Crippen LogP contribution in [0.1, 0.15) is 0 Å². The maximum absolute atomic E-state index is 10.7. The molecule has 2 N–H and O–H groups in total. The predicted molar refractivity (Wildman–Crippen MR) is 41.6 cm³/mol. The van der Waals surface area contributed by atoms with E-state index in [-0.39, 0.29) is 4.90 Å². The van der Waals surface area contributed by atoms with E-state index in [2.05, 4.69) is 4.84 Å².